The highest BCUT2D eigenvalue weighted by atomic mass is 16.8. The normalized spacial score (nSPS) is 33.4. The molecule has 12 N–H and O–H groups in total. The molecular weight excluding hydrogens is 879 g/mol. The molecule has 3 aliphatic heterocycles. The Hall–Kier alpha value is -1.21. The van der Waals surface area contributed by atoms with Crippen molar-refractivity contribution in [2.75, 3.05) is 26.4 Å². The first-order valence-electron chi connectivity index (χ1n) is 25.8. The summed E-state index contributed by atoms with van der Waals surface area (Å²) in [5, 5.41) is 120. The summed E-state index contributed by atoms with van der Waals surface area (Å²) in [7, 11) is 0. The van der Waals surface area contributed by atoms with E-state index in [1.165, 1.54) is 89.9 Å². The van der Waals surface area contributed by atoms with Gasteiger partial charge in [-0.05, 0) is 12.8 Å². The van der Waals surface area contributed by atoms with Crippen LogP contribution >= 0.6 is 0 Å². The summed E-state index contributed by atoms with van der Waals surface area (Å²) in [5.74, 6) is -0.245. The van der Waals surface area contributed by atoms with E-state index in [0.717, 1.165) is 44.9 Å². The lowest BCUT2D eigenvalue weighted by molar-refractivity contribution is -0.379. The van der Waals surface area contributed by atoms with Gasteiger partial charge in [0, 0.05) is 6.42 Å². The molecule has 1 amide bonds. The predicted molar refractivity (Wildman–Crippen MR) is 245 cm³/mol. The van der Waals surface area contributed by atoms with Crippen LogP contribution in [0.5, 0.6) is 0 Å². The third kappa shape index (κ3) is 20.4. The van der Waals surface area contributed by atoms with Crippen LogP contribution in [0.1, 0.15) is 168 Å². The van der Waals surface area contributed by atoms with E-state index in [1.807, 2.05) is 0 Å². The second-order valence-electron chi connectivity index (χ2n) is 19.0. The molecule has 0 spiro atoms. The fourth-order valence-electron chi connectivity index (χ4n) is 9.08. The Kier molecular flexibility index (Phi) is 30.7. The Balaban J connectivity index is 1.55. The van der Waals surface area contributed by atoms with Crippen LogP contribution in [0.15, 0.2) is 0 Å². The average Bonchev–Trinajstić information content (AvgIpc) is 3.32. The van der Waals surface area contributed by atoms with Gasteiger partial charge in [0.15, 0.2) is 18.9 Å². The zero-order valence-corrected chi connectivity index (χ0v) is 40.4. The second-order valence-corrected chi connectivity index (χ2v) is 19.0. The number of nitrogens with one attached hydrogen (secondary N) is 1. The molecule has 0 aromatic rings. The number of hydrogen-bond donors (Lipinski definition) is 12. The highest BCUT2D eigenvalue weighted by Crippen LogP contribution is 2.33. The quantitative estimate of drug-likeness (QED) is 0.0398. The van der Waals surface area contributed by atoms with Crippen LogP contribution in [0.3, 0.4) is 0 Å². The topological polar surface area (TPSA) is 307 Å². The first-order chi connectivity index (χ1) is 32.3. The molecule has 3 heterocycles. The molecule has 3 fully saturated rings. The Bertz CT molecular complexity index is 1250. The first kappa shape index (κ1) is 60.1. The number of ether oxygens (including phenoxy) is 6. The minimum absolute atomic E-state index is 0.245. The van der Waals surface area contributed by atoms with Crippen LogP contribution < -0.4 is 5.32 Å². The molecule has 0 saturated carbocycles. The fraction of sp³-hybridized carbons (Fsp3) is 0.979. The molecule has 17 atom stereocenters. The van der Waals surface area contributed by atoms with Gasteiger partial charge >= 0.3 is 0 Å². The van der Waals surface area contributed by atoms with E-state index in [2.05, 4.69) is 19.2 Å². The Morgan fingerprint density at radius 3 is 1.30 bits per heavy atom. The van der Waals surface area contributed by atoms with E-state index in [0.29, 0.717) is 12.8 Å². The number of carbonyl (C=O) groups is 1. The standard InChI is InChI=1S/C48H91NO18/c1-3-5-7-9-11-13-14-15-16-18-20-22-24-26-36(54)49-31(32(53)25-23-21-19-17-12-10-8-6-4-2)30-62-46-42(60)39(57)44(34(28-51)64-46)67-48-43(61)40(58)45(35(29-52)65-48)66-47-41(59)38(56)37(55)33(27-50)63-47/h31-35,37-48,50-53,55-61H,3-30H2,1-2H3,(H,49,54). The number of aliphatic hydroxyl groups is 11. The maximum Gasteiger partial charge on any atom is 0.220 e. The molecule has 19 heteroatoms. The Labute approximate surface area is 398 Å². The number of aliphatic hydroxyl groups excluding tert-OH is 11. The monoisotopic (exact) mass is 970 g/mol. The minimum Gasteiger partial charge on any atom is -0.394 e. The average molecular weight is 970 g/mol. The lowest BCUT2D eigenvalue weighted by Crippen LogP contribution is -2.66. The van der Waals surface area contributed by atoms with Crippen LogP contribution in [0.4, 0.5) is 0 Å². The third-order valence-corrected chi connectivity index (χ3v) is 13.4. The SMILES string of the molecule is CCCCCCCCCCCCCCCC(=O)NC(COC1OC(CO)C(OC2OC(CO)C(OC3OC(CO)C(O)C(O)C3O)C(O)C2O)C(O)C1O)C(O)CCCCCCCCCCC. The summed E-state index contributed by atoms with van der Waals surface area (Å²) >= 11 is 0. The number of unbranched alkanes of at least 4 members (excludes halogenated alkanes) is 20. The van der Waals surface area contributed by atoms with Crippen molar-refractivity contribution < 1.29 is 89.4 Å². The molecule has 0 aromatic heterocycles. The highest BCUT2D eigenvalue weighted by molar-refractivity contribution is 5.76. The van der Waals surface area contributed by atoms with E-state index >= 15 is 0 Å². The van der Waals surface area contributed by atoms with Gasteiger partial charge in [0.2, 0.25) is 5.91 Å². The largest absolute Gasteiger partial charge is 0.394 e. The van der Waals surface area contributed by atoms with Crippen molar-refractivity contribution in [3.8, 4) is 0 Å². The molecule has 3 saturated heterocycles. The maximum atomic E-state index is 13.2. The van der Waals surface area contributed by atoms with E-state index in [-0.39, 0.29) is 18.9 Å². The van der Waals surface area contributed by atoms with Gasteiger partial charge in [-0.1, -0.05) is 149 Å². The van der Waals surface area contributed by atoms with Crippen LogP contribution in [-0.4, -0.2) is 193 Å². The highest BCUT2D eigenvalue weighted by Gasteiger charge is 2.53. The Morgan fingerprint density at radius 1 is 0.478 bits per heavy atom. The van der Waals surface area contributed by atoms with E-state index in [1.54, 1.807) is 0 Å². The van der Waals surface area contributed by atoms with Gasteiger partial charge in [-0.2, -0.15) is 0 Å². The zero-order valence-electron chi connectivity index (χ0n) is 40.4. The maximum absolute atomic E-state index is 13.2. The Morgan fingerprint density at radius 2 is 0.851 bits per heavy atom. The van der Waals surface area contributed by atoms with Crippen molar-refractivity contribution in [3.05, 3.63) is 0 Å². The summed E-state index contributed by atoms with van der Waals surface area (Å²) in [5.41, 5.74) is 0. The molecule has 0 aliphatic carbocycles. The van der Waals surface area contributed by atoms with Gasteiger partial charge in [0.1, 0.15) is 73.2 Å². The second kappa shape index (κ2) is 34.2. The van der Waals surface area contributed by atoms with Crippen LogP contribution in [-0.2, 0) is 33.2 Å². The fourth-order valence-corrected chi connectivity index (χ4v) is 9.08. The zero-order chi connectivity index (χ0) is 49.1. The van der Waals surface area contributed by atoms with E-state index in [9.17, 15) is 61.0 Å². The van der Waals surface area contributed by atoms with Gasteiger partial charge in [0.25, 0.3) is 0 Å². The van der Waals surface area contributed by atoms with Crippen molar-refractivity contribution in [2.24, 2.45) is 0 Å². The van der Waals surface area contributed by atoms with Crippen LogP contribution in [0.25, 0.3) is 0 Å². The number of amides is 1. The van der Waals surface area contributed by atoms with Crippen molar-refractivity contribution >= 4 is 5.91 Å². The van der Waals surface area contributed by atoms with E-state index in [4.69, 9.17) is 28.4 Å². The van der Waals surface area contributed by atoms with E-state index < -0.39 is 124 Å². The summed E-state index contributed by atoms with van der Waals surface area (Å²) in [6, 6.07) is -0.876. The van der Waals surface area contributed by atoms with Crippen molar-refractivity contribution in [3.63, 3.8) is 0 Å². The van der Waals surface area contributed by atoms with Crippen molar-refractivity contribution in [2.45, 2.75) is 272 Å². The van der Waals surface area contributed by atoms with Gasteiger partial charge in [-0.25, -0.2) is 0 Å². The summed E-state index contributed by atoms with van der Waals surface area (Å²) < 4.78 is 34.1. The van der Waals surface area contributed by atoms with Gasteiger partial charge in [0.05, 0.1) is 38.6 Å². The molecule has 0 aromatic carbocycles. The summed E-state index contributed by atoms with van der Waals surface area (Å²) in [6.07, 6.45) is -0.597. The molecule has 19 nitrogen and oxygen atoms in total. The molecule has 3 rings (SSSR count). The van der Waals surface area contributed by atoms with Gasteiger partial charge in [-0.15, -0.1) is 0 Å². The molecule has 0 radical (unpaired) electrons. The van der Waals surface area contributed by atoms with Crippen molar-refractivity contribution in [1.82, 2.24) is 5.32 Å². The van der Waals surface area contributed by atoms with Gasteiger partial charge < -0.3 is 89.9 Å². The molecule has 17 unspecified atom stereocenters. The van der Waals surface area contributed by atoms with Crippen LogP contribution in [0.2, 0.25) is 0 Å². The number of rotatable bonds is 36. The lowest BCUT2D eigenvalue weighted by Gasteiger charge is -2.48. The molecule has 67 heavy (non-hydrogen) atoms. The summed E-state index contributed by atoms with van der Waals surface area (Å²) in [6.45, 7) is 1.73. The third-order valence-electron chi connectivity index (χ3n) is 13.4. The van der Waals surface area contributed by atoms with Gasteiger partial charge in [-0.3, -0.25) is 4.79 Å². The smallest absolute Gasteiger partial charge is 0.220 e. The number of hydrogen-bond acceptors (Lipinski definition) is 18. The lowest BCUT2D eigenvalue weighted by atomic mass is 9.96. The predicted octanol–water partition coefficient (Wildman–Crippen LogP) is 1.70. The number of carbonyl (C=O) groups excluding carboxylic acids is 1. The molecule has 396 valence electrons. The minimum atomic E-state index is -1.97. The van der Waals surface area contributed by atoms with Crippen LogP contribution in [0, 0.1) is 0 Å². The molecule has 3 aliphatic rings. The summed E-state index contributed by atoms with van der Waals surface area (Å²) in [4.78, 5) is 13.2. The van der Waals surface area contributed by atoms with Crippen molar-refractivity contribution in [1.29, 1.82) is 0 Å². The molecule has 0 bridgehead atoms. The first-order valence-corrected chi connectivity index (χ1v) is 25.8. The molecular formula is C48H91NO18.